The molecule has 0 aliphatic heterocycles. The van der Waals surface area contributed by atoms with E-state index >= 15 is 0 Å². The van der Waals surface area contributed by atoms with E-state index in [1.165, 1.54) is 26.3 Å². The van der Waals surface area contributed by atoms with E-state index in [1.807, 2.05) is 0 Å². The Morgan fingerprint density at radius 2 is 1.94 bits per heavy atom. The molecule has 0 aliphatic carbocycles. The molecule has 0 amide bonds. The van der Waals surface area contributed by atoms with Crippen molar-refractivity contribution in [1.29, 1.82) is 0 Å². The van der Waals surface area contributed by atoms with Crippen molar-refractivity contribution in [3.63, 3.8) is 0 Å². The van der Waals surface area contributed by atoms with Crippen LogP contribution in [0, 0.1) is 0 Å². The number of aromatic nitrogens is 1. The Hall–Kier alpha value is -0.880. The molecular weight excluding hydrogens is 334 g/mol. The Labute approximate surface area is 114 Å². The summed E-state index contributed by atoms with van der Waals surface area (Å²) in [4.78, 5) is 0. The summed E-state index contributed by atoms with van der Waals surface area (Å²) < 4.78 is 45.0. The van der Waals surface area contributed by atoms with Gasteiger partial charge in [-0.25, -0.2) is 0 Å². The molecule has 0 N–H and O–H groups in total. The number of hydrogen-bond donors (Lipinski definition) is 0. The SMILES string of the molecule is COc1ccc(Cl)c2c(Br)c(C(F)(F)F)n(C)c12. The first kappa shape index (κ1) is 13.5. The summed E-state index contributed by atoms with van der Waals surface area (Å²) in [6.07, 6.45) is -4.47. The van der Waals surface area contributed by atoms with E-state index in [9.17, 15) is 13.2 Å². The van der Waals surface area contributed by atoms with Gasteiger partial charge in [-0.1, -0.05) is 11.6 Å². The van der Waals surface area contributed by atoms with Crippen molar-refractivity contribution in [1.82, 2.24) is 4.57 Å². The van der Waals surface area contributed by atoms with Crippen LogP contribution in [0.4, 0.5) is 13.2 Å². The molecule has 0 atom stereocenters. The molecule has 0 unspecified atom stereocenters. The Bertz CT molecular complexity index is 621. The van der Waals surface area contributed by atoms with Gasteiger partial charge in [-0.3, -0.25) is 0 Å². The predicted octanol–water partition coefficient (Wildman–Crippen LogP) is 4.62. The van der Waals surface area contributed by atoms with Crippen LogP contribution < -0.4 is 4.74 Å². The van der Waals surface area contributed by atoms with E-state index in [-0.39, 0.29) is 9.50 Å². The molecule has 0 fully saturated rings. The van der Waals surface area contributed by atoms with E-state index in [0.717, 1.165) is 4.57 Å². The smallest absolute Gasteiger partial charge is 0.432 e. The molecule has 0 radical (unpaired) electrons. The fourth-order valence-electron chi connectivity index (χ4n) is 1.95. The van der Waals surface area contributed by atoms with Gasteiger partial charge in [0.05, 0.1) is 22.1 Å². The maximum absolute atomic E-state index is 13.0. The van der Waals surface area contributed by atoms with Gasteiger partial charge in [-0.15, -0.1) is 0 Å². The summed E-state index contributed by atoms with van der Waals surface area (Å²) in [7, 11) is 2.73. The highest BCUT2D eigenvalue weighted by molar-refractivity contribution is 9.10. The first-order valence-electron chi connectivity index (χ1n) is 4.86. The number of methoxy groups -OCH3 is 1. The molecule has 18 heavy (non-hydrogen) atoms. The van der Waals surface area contributed by atoms with Gasteiger partial charge in [0.15, 0.2) is 0 Å². The zero-order valence-electron chi connectivity index (χ0n) is 9.40. The zero-order chi connectivity index (χ0) is 13.7. The monoisotopic (exact) mass is 341 g/mol. The molecule has 0 aliphatic rings. The third-order valence-corrected chi connectivity index (χ3v) is 3.76. The standard InChI is InChI=1S/C11H8BrClF3NO/c1-17-9-6(18-2)4-3-5(13)7(9)8(12)10(17)11(14,15)16/h3-4H,1-2H3. The highest BCUT2D eigenvalue weighted by Gasteiger charge is 2.38. The van der Waals surface area contributed by atoms with E-state index in [4.69, 9.17) is 16.3 Å². The molecule has 1 aromatic heterocycles. The summed E-state index contributed by atoms with van der Waals surface area (Å²) in [5, 5.41) is 0.537. The number of alkyl halides is 3. The maximum Gasteiger partial charge on any atom is 0.432 e. The minimum atomic E-state index is -4.47. The van der Waals surface area contributed by atoms with E-state index in [2.05, 4.69) is 15.9 Å². The van der Waals surface area contributed by atoms with Gasteiger partial charge < -0.3 is 9.30 Å². The Kier molecular flexibility index (Phi) is 3.27. The van der Waals surface area contributed by atoms with Crippen molar-refractivity contribution in [2.45, 2.75) is 6.18 Å². The molecule has 0 saturated heterocycles. The van der Waals surface area contributed by atoms with Crippen molar-refractivity contribution in [3.8, 4) is 5.75 Å². The number of rotatable bonds is 1. The van der Waals surface area contributed by atoms with Gasteiger partial charge in [0, 0.05) is 12.4 Å². The molecule has 2 rings (SSSR count). The number of benzene rings is 1. The first-order chi connectivity index (χ1) is 8.29. The number of halogens is 5. The number of aryl methyl sites for hydroxylation is 1. The number of ether oxygens (including phenoxy) is 1. The van der Waals surface area contributed by atoms with Crippen LogP contribution in [-0.4, -0.2) is 11.7 Å². The average Bonchev–Trinajstić information content (AvgIpc) is 2.52. The second-order valence-corrected chi connectivity index (χ2v) is 4.89. The molecular formula is C11H8BrClF3NO. The molecule has 2 aromatic rings. The van der Waals surface area contributed by atoms with Gasteiger partial charge >= 0.3 is 6.18 Å². The van der Waals surface area contributed by atoms with E-state index in [0.29, 0.717) is 16.7 Å². The molecule has 0 saturated carbocycles. The third kappa shape index (κ3) is 1.87. The fourth-order valence-corrected chi connectivity index (χ4v) is 3.20. The Balaban J connectivity index is 2.98. The predicted molar refractivity (Wildman–Crippen MR) is 67.2 cm³/mol. The zero-order valence-corrected chi connectivity index (χ0v) is 11.7. The van der Waals surface area contributed by atoms with Crippen molar-refractivity contribution in [2.75, 3.05) is 7.11 Å². The van der Waals surface area contributed by atoms with Crippen LogP contribution in [0.3, 0.4) is 0 Å². The number of fused-ring (bicyclic) bond motifs is 1. The lowest BCUT2D eigenvalue weighted by molar-refractivity contribution is -0.143. The van der Waals surface area contributed by atoms with E-state index in [1.54, 1.807) is 0 Å². The van der Waals surface area contributed by atoms with Crippen molar-refractivity contribution in [2.24, 2.45) is 7.05 Å². The minimum Gasteiger partial charge on any atom is -0.495 e. The summed E-state index contributed by atoms with van der Waals surface area (Å²) in [6, 6.07) is 3.05. The number of hydrogen-bond acceptors (Lipinski definition) is 1. The summed E-state index contributed by atoms with van der Waals surface area (Å²) in [6.45, 7) is 0. The lowest BCUT2D eigenvalue weighted by Gasteiger charge is -2.09. The third-order valence-electron chi connectivity index (χ3n) is 2.68. The second kappa shape index (κ2) is 4.35. The average molecular weight is 343 g/mol. The number of nitrogens with zero attached hydrogens (tertiary/aromatic N) is 1. The van der Waals surface area contributed by atoms with Gasteiger partial charge in [-0.2, -0.15) is 13.2 Å². The van der Waals surface area contributed by atoms with Gasteiger partial charge in [0.25, 0.3) is 0 Å². The maximum atomic E-state index is 13.0. The van der Waals surface area contributed by atoms with Gasteiger partial charge in [0.2, 0.25) is 0 Å². The van der Waals surface area contributed by atoms with Crippen LogP contribution in [0.25, 0.3) is 10.9 Å². The second-order valence-electron chi connectivity index (χ2n) is 3.69. The fraction of sp³-hybridized carbons (Fsp3) is 0.273. The largest absolute Gasteiger partial charge is 0.495 e. The molecule has 98 valence electrons. The molecule has 0 spiro atoms. The Morgan fingerprint density at radius 3 is 2.44 bits per heavy atom. The molecule has 1 heterocycles. The lowest BCUT2D eigenvalue weighted by atomic mass is 10.2. The van der Waals surface area contributed by atoms with Crippen LogP contribution in [0.15, 0.2) is 16.6 Å². The topological polar surface area (TPSA) is 14.2 Å². The van der Waals surface area contributed by atoms with Crippen molar-refractivity contribution >= 4 is 38.4 Å². The lowest BCUT2D eigenvalue weighted by Crippen LogP contribution is -2.11. The Morgan fingerprint density at radius 1 is 1.33 bits per heavy atom. The van der Waals surface area contributed by atoms with Gasteiger partial charge in [-0.05, 0) is 28.1 Å². The molecule has 1 aromatic carbocycles. The van der Waals surface area contributed by atoms with Crippen LogP contribution >= 0.6 is 27.5 Å². The molecule has 2 nitrogen and oxygen atoms in total. The highest BCUT2D eigenvalue weighted by atomic mass is 79.9. The quantitative estimate of drug-likeness (QED) is 0.737. The normalized spacial score (nSPS) is 12.2. The summed E-state index contributed by atoms with van der Waals surface area (Å²) in [5.74, 6) is 0.341. The minimum absolute atomic E-state index is 0.0728. The van der Waals surface area contributed by atoms with Crippen molar-refractivity contribution < 1.29 is 17.9 Å². The van der Waals surface area contributed by atoms with Crippen molar-refractivity contribution in [3.05, 3.63) is 27.3 Å². The summed E-state index contributed by atoms with van der Waals surface area (Å²) in [5.41, 5.74) is -0.479. The van der Waals surface area contributed by atoms with Gasteiger partial charge in [0.1, 0.15) is 11.4 Å². The van der Waals surface area contributed by atoms with Crippen LogP contribution in [0.2, 0.25) is 5.02 Å². The highest BCUT2D eigenvalue weighted by Crippen LogP contribution is 2.45. The van der Waals surface area contributed by atoms with Crippen LogP contribution in [0.1, 0.15) is 5.69 Å². The van der Waals surface area contributed by atoms with E-state index < -0.39 is 11.9 Å². The molecule has 7 heteroatoms. The first-order valence-corrected chi connectivity index (χ1v) is 6.03. The van der Waals surface area contributed by atoms with Crippen LogP contribution in [0.5, 0.6) is 5.75 Å². The summed E-state index contributed by atoms with van der Waals surface area (Å²) >= 11 is 8.93. The van der Waals surface area contributed by atoms with Crippen LogP contribution in [-0.2, 0) is 13.2 Å². The molecule has 0 bridgehead atoms.